The summed E-state index contributed by atoms with van der Waals surface area (Å²) in [7, 11) is 0. The topological polar surface area (TPSA) is 75.4 Å². The van der Waals surface area contributed by atoms with E-state index in [1.54, 1.807) is 4.90 Å². The van der Waals surface area contributed by atoms with E-state index in [4.69, 9.17) is 5.73 Å². The van der Waals surface area contributed by atoms with Gasteiger partial charge in [-0.1, -0.05) is 0 Å². The van der Waals surface area contributed by atoms with Gasteiger partial charge in [0.2, 0.25) is 11.8 Å². The number of carbonyl (C=O) groups excluding carboxylic acids is 2. The second-order valence-electron chi connectivity index (χ2n) is 4.57. The molecule has 0 aromatic carbocycles. The van der Waals surface area contributed by atoms with Crippen LogP contribution in [0.1, 0.15) is 26.2 Å². The summed E-state index contributed by atoms with van der Waals surface area (Å²) in [5.74, 6) is -0.369. The van der Waals surface area contributed by atoms with Crippen LogP contribution >= 0.6 is 0 Å². The van der Waals surface area contributed by atoms with Gasteiger partial charge in [-0.15, -0.1) is 0 Å². The molecule has 2 rings (SSSR count). The van der Waals surface area contributed by atoms with Gasteiger partial charge < -0.3 is 16.0 Å². The van der Waals surface area contributed by atoms with Crippen molar-refractivity contribution >= 4 is 11.8 Å². The van der Waals surface area contributed by atoms with Crippen molar-refractivity contribution in [1.82, 2.24) is 10.2 Å². The summed E-state index contributed by atoms with van der Waals surface area (Å²) >= 11 is 0. The van der Waals surface area contributed by atoms with Crippen LogP contribution in [-0.2, 0) is 9.59 Å². The third-order valence-corrected chi connectivity index (χ3v) is 3.45. The molecule has 0 radical (unpaired) electrons. The van der Waals surface area contributed by atoms with Gasteiger partial charge in [0.1, 0.15) is 6.04 Å². The molecule has 3 N–H and O–H groups in total. The monoisotopic (exact) mass is 211 g/mol. The number of nitrogens with two attached hydrogens (primary N) is 1. The number of hydrogen-bond donors (Lipinski definition) is 2. The Hall–Kier alpha value is -1.10. The van der Waals surface area contributed by atoms with Crippen molar-refractivity contribution in [3.63, 3.8) is 0 Å². The first-order valence-corrected chi connectivity index (χ1v) is 5.40. The summed E-state index contributed by atoms with van der Waals surface area (Å²) in [5.41, 5.74) is 4.74. The highest BCUT2D eigenvalue weighted by molar-refractivity contribution is 5.93. The van der Waals surface area contributed by atoms with Gasteiger partial charge in [-0.3, -0.25) is 9.59 Å². The fraction of sp³-hybridized carbons (Fsp3) is 0.800. The number of amides is 2. The first-order chi connectivity index (χ1) is 7.04. The number of hydrogen-bond acceptors (Lipinski definition) is 3. The Kier molecular flexibility index (Phi) is 2.42. The lowest BCUT2D eigenvalue weighted by Crippen LogP contribution is -2.64. The Bertz CT molecular complexity index is 297. The lowest BCUT2D eigenvalue weighted by atomic mass is 9.93. The average molecular weight is 211 g/mol. The van der Waals surface area contributed by atoms with E-state index >= 15 is 0 Å². The predicted molar refractivity (Wildman–Crippen MR) is 55.0 cm³/mol. The summed E-state index contributed by atoms with van der Waals surface area (Å²) in [6.07, 6.45) is 2.56. The Labute approximate surface area is 89.0 Å². The van der Waals surface area contributed by atoms with Crippen molar-refractivity contribution < 1.29 is 9.59 Å². The molecule has 5 heteroatoms. The molecule has 0 bridgehead atoms. The zero-order valence-corrected chi connectivity index (χ0v) is 8.95. The zero-order valence-electron chi connectivity index (χ0n) is 8.95. The molecule has 2 aliphatic heterocycles. The third kappa shape index (κ3) is 1.61. The summed E-state index contributed by atoms with van der Waals surface area (Å²) in [6, 6.07) is -0.378. The Balaban J connectivity index is 2.05. The van der Waals surface area contributed by atoms with Crippen molar-refractivity contribution in [3.8, 4) is 0 Å². The van der Waals surface area contributed by atoms with E-state index in [-0.39, 0.29) is 11.9 Å². The zero-order chi connectivity index (χ0) is 11.1. The van der Waals surface area contributed by atoms with E-state index < -0.39 is 11.4 Å². The summed E-state index contributed by atoms with van der Waals surface area (Å²) in [6.45, 7) is 3.43. The molecule has 0 aromatic rings. The van der Waals surface area contributed by atoms with Crippen LogP contribution in [0, 0.1) is 0 Å². The molecule has 2 unspecified atom stereocenters. The number of rotatable bonds is 2. The van der Waals surface area contributed by atoms with Crippen LogP contribution < -0.4 is 11.1 Å². The number of nitrogens with one attached hydrogen (secondary N) is 1. The van der Waals surface area contributed by atoms with Crippen LogP contribution in [0.4, 0.5) is 0 Å². The van der Waals surface area contributed by atoms with E-state index in [0.717, 1.165) is 19.4 Å². The van der Waals surface area contributed by atoms with E-state index in [0.29, 0.717) is 13.0 Å². The maximum absolute atomic E-state index is 12.1. The minimum absolute atomic E-state index is 0.0232. The number of primary amides is 1. The lowest BCUT2D eigenvalue weighted by molar-refractivity contribution is -0.150. The van der Waals surface area contributed by atoms with Gasteiger partial charge in [-0.2, -0.15) is 0 Å². The summed E-state index contributed by atoms with van der Waals surface area (Å²) in [4.78, 5) is 24.7. The molecule has 15 heavy (non-hydrogen) atoms. The quantitative estimate of drug-likeness (QED) is 0.629. The van der Waals surface area contributed by atoms with Crippen molar-refractivity contribution in [1.29, 1.82) is 0 Å². The molecular weight excluding hydrogens is 194 g/mol. The molecule has 2 saturated heterocycles. The fourth-order valence-electron chi connectivity index (χ4n) is 2.32. The van der Waals surface area contributed by atoms with Gasteiger partial charge in [-0.25, -0.2) is 0 Å². The highest BCUT2D eigenvalue weighted by Gasteiger charge is 2.45. The van der Waals surface area contributed by atoms with Gasteiger partial charge in [0.05, 0.1) is 5.54 Å². The number of nitrogens with zero attached hydrogens (tertiary/aromatic N) is 1. The lowest BCUT2D eigenvalue weighted by Gasteiger charge is -2.43. The first-order valence-electron chi connectivity index (χ1n) is 5.40. The Morgan fingerprint density at radius 3 is 2.67 bits per heavy atom. The van der Waals surface area contributed by atoms with Crippen molar-refractivity contribution in [2.45, 2.75) is 37.8 Å². The second-order valence-corrected chi connectivity index (χ2v) is 4.57. The van der Waals surface area contributed by atoms with E-state index in [1.807, 2.05) is 6.92 Å². The summed E-state index contributed by atoms with van der Waals surface area (Å²) < 4.78 is 0. The average Bonchev–Trinajstić information content (AvgIpc) is 2.50. The molecule has 84 valence electrons. The molecule has 0 aliphatic carbocycles. The first kappa shape index (κ1) is 10.4. The predicted octanol–water partition coefficient (Wildman–Crippen LogP) is -0.785. The van der Waals surface area contributed by atoms with Crippen LogP contribution in [0.2, 0.25) is 0 Å². The smallest absolute Gasteiger partial charge is 0.243 e. The van der Waals surface area contributed by atoms with Gasteiger partial charge in [0, 0.05) is 6.54 Å². The van der Waals surface area contributed by atoms with Gasteiger partial charge in [-0.05, 0) is 32.7 Å². The second kappa shape index (κ2) is 3.48. The Morgan fingerprint density at radius 2 is 2.27 bits per heavy atom. The number of likely N-dealkylation sites (tertiary alicyclic amines) is 1. The molecule has 2 heterocycles. The van der Waals surface area contributed by atoms with Crippen LogP contribution in [0.15, 0.2) is 0 Å². The molecule has 0 spiro atoms. The third-order valence-electron chi connectivity index (χ3n) is 3.45. The standard InChI is InChI=1S/C10H17N3O2/c1-10(4-2-5-12-10)9(15)13-6-3-7(13)8(11)14/h7,12H,2-6H2,1H3,(H2,11,14). The minimum atomic E-state index is -0.478. The van der Waals surface area contributed by atoms with Gasteiger partial charge >= 0.3 is 0 Å². The van der Waals surface area contributed by atoms with E-state index in [1.165, 1.54) is 0 Å². The van der Waals surface area contributed by atoms with Gasteiger partial charge in [0.15, 0.2) is 0 Å². The molecule has 2 atom stereocenters. The largest absolute Gasteiger partial charge is 0.368 e. The Morgan fingerprint density at radius 1 is 1.53 bits per heavy atom. The SMILES string of the molecule is CC1(C(=O)N2CCC2C(N)=O)CCCN1. The fourth-order valence-corrected chi connectivity index (χ4v) is 2.32. The highest BCUT2D eigenvalue weighted by atomic mass is 16.2. The van der Waals surface area contributed by atoms with Crippen LogP contribution in [0.3, 0.4) is 0 Å². The maximum atomic E-state index is 12.1. The minimum Gasteiger partial charge on any atom is -0.368 e. The highest BCUT2D eigenvalue weighted by Crippen LogP contribution is 2.26. The van der Waals surface area contributed by atoms with Crippen LogP contribution in [0.5, 0.6) is 0 Å². The molecule has 2 amide bonds. The van der Waals surface area contributed by atoms with Gasteiger partial charge in [0.25, 0.3) is 0 Å². The summed E-state index contributed by atoms with van der Waals surface area (Å²) in [5, 5.41) is 3.20. The normalized spacial score (nSPS) is 35.0. The molecule has 0 saturated carbocycles. The maximum Gasteiger partial charge on any atom is 0.243 e. The molecule has 2 fully saturated rings. The van der Waals surface area contributed by atoms with E-state index in [2.05, 4.69) is 5.32 Å². The molecule has 2 aliphatic rings. The molecular formula is C10H17N3O2. The van der Waals surface area contributed by atoms with Crippen molar-refractivity contribution in [3.05, 3.63) is 0 Å². The van der Waals surface area contributed by atoms with Crippen molar-refractivity contribution in [2.24, 2.45) is 5.73 Å². The van der Waals surface area contributed by atoms with Crippen molar-refractivity contribution in [2.75, 3.05) is 13.1 Å². The number of carbonyl (C=O) groups is 2. The molecule has 0 aromatic heterocycles. The van der Waals surface area contributed by atoms with E-state index in [9.17, 15) is 9.59 Å². The molecule has 5 nitrogen and oxygen atoms in total. The van der Waals surface area contributed by atoms with Crippen LogP contribution in [0.25, 0.3) is 0 Å². The van der Waals surface area contributed by atoms with Crippen LogP contribution in [-0.4, -0.2) is 41.4 Å².